The highest BCUT2D eigenvalue weighted by Gasteiger charge is 2.29. The second kappa shape index (κ2) is 15.1. The summed E-state index contributed by atoms with van der Waals surface area (Å²) in [6.07, 6.45) is 3.65. The van der Waals surface area contributed by atoms with Crippen molar-refractivity contribution in [2.24, 2.45) is 0 Å². The van der Waals surface area contributed by atoms with Gasteiger partial charge in [0, 0.05) is 48.3 Å². The molecule has 4 aromatic carbocycles. The van der Waals surface area contributed by atoms with Crippen LogP contribution in [0, 0.1) is 11.6 Å². The van der Waals surface area contributed by atoms with Gasteiger partial charge in [0.25, 0.3) is 5.56 Å². The summed E-state index contributed by atoms with van der Waals surface area (Å²) in [5.74, 6) is -1.68. The molecule has 1 saturated carbocycles. The van der Waals surface area contributed by atoms with Crippen LogP contribution in [-0.4, -0.2) is 64.3 Å². The number of aromatic nitrogens is 4. The van der Waals surface area contributed by atoms with E-state index < -0.39 is 39.2 Å². The fraction of sp³-hybridized carbons (Fsp3) is 0.250. The molecule has 1 unspecified atom stereocenters. The van der Waals surface area contributed by atoms with E-state index in [1.165, 1.54) is 37.8 Å². The molecule has 0 radical (unpaired) electrons. The second-order valence-corrected chi connectivity index (χ2v) is 16.0. The first kappa shape index (κ1) is 36.7. The number of carbonyl (C=O) groups is 1. The predicted octanol–water partition coefficient (Wildman–Crippen LogP) is 6.18. The Morgan fingerprint density at radius 1 is 0.945 bits per heavy atom. The number of fused-ring (bicyclic) bond motifs is 1. The van der Waals surface area contributed by atoms with Gasteiger partial charge in [0.1, 0.15) is 24.0 Å². The number of hydrogen-bond donors (Lipinski definition) is 1. The van der Waals surface area contributed by atoms with Crippen LogP contribution in [-0.2, 0) is 32.5 Å². The van der Waals surface area contributed by atoms with Crippen molar-refractivity contribution in [1.82, 2.24) is 29.0 Å². The van der Waals surface area contributed by atoms with Crippen molar-refractivity contribution in [2.75, 3.05) is 26.3 Å². The zero-order valence-corrected chi connectivity index (χ0v) is 30.9. The molecule has 55 heavy (non-hydrogen) atoms. The maximum atomic E-state index is 14.6. The van der Waals surface area contributed by atoms with Crippen LogP contribution in [0.1, 0.15) is 41.9 Å². The molecular formula is C40H35ClF2N6O5S. The van der Waals surface area contributed by atoms with E-state index >= 15 is 0 Å². The largest absolute Gasteiger partial charge is 0.379 e. The van der Waals surface area contributed by atoms with Crippen molar-refractivity contribution < 1.29 is 26.7 Å². The van der Waals surface area contributed by atoms with Crippen molar-refractivity contribution in [3.8, 4) is 16.8 Å². The first-order valence-electron chi connectivity index (χ1n) is 17.8. The lowest BCUT2D eigenvalue weighted by atomic mass is 10.0. The monoisotopic (exact) mass is 784 g/mol. The van der Waals surface area contributed by atoms with Gasteiger partial charge in [-0.15, -0.1) is 0 Å². The Hall–Kier alpha value is -5.28. The quantitative estimate of drug-likeness (QED) is 0.166. The molecule has 2 aromatic heterocycles. The topological polar surface area (TPSA) is 128 Å². The lowest BCUT2D eigenvalue weighted by molar-refractivity contribution is -0.122. The third-order valence-electron chi connectivity index (χ3n) is 9.75. The van der Waals surface area contributed by atoms with Gasteiger partial charge in [0.15, 0.2) is 0 Å². The lowest BCUT2D eigenvalue weighted by Gasteiger charge is -2.26. The number of halogens is 3. The molecule has 11 nitrogen and oxygen atoms in total. The minimum absolute atomic E-state index is 0.0238. The average Bonchev–Trinajstić information content (AvgIpc) is 3.92. The summed E-state index contributed by atoms with van der Waals surface area (Å²) in [7, 11) is -3.86. The Bertz CT molecular complexity index is 2570. The van der Waals surface area contributed by atoms with Crippen LogP contribution in [0.25, 0.3) is 27.7 Å². The molecular weight excluding hydrogens is 750 g/mol. The fourth-order valence-corrected chi connectivity index (χ4v) is 8.53. The van der Waals surface area contributed by atoms with E-state index in [9.17, 15) is 26.8 Å². The van der Waals surface area contributed by atoms with Gasteiger partial charge in [-0.1, -0.05) is 35.9 Å². The van der Waals surface area contributed by atoms with E-state index in [0.717, 1.165) is 36.7 Å². The summed E-state index contributed by atoms with van der Waals surface area (Å²) in [5, 5.41) is 8.22. The number of ether oxygens (including phenoxy) is 1. The highest BCUT2D eigenvalue weighted by molar-refractivity contribution is 7.89. The smallest absolute Gasteiger partial charge is 0.266 e. The van der Waals surface area contributed by atoms with E-state index in [0.29, 0.717) is 22.1 Å². The molecule has 1 aliphatic carbocycles. The van der Waals surface area contributed by atoms with Gasteiger partial charge in [-0.05, 0) is 84.6 Å². The number of rotatable bonds is 11. The Morgan fingerprint density at radius 3 is 2.38 bits per heavy atom. The van der Waals surface area contributed by atoms with Crippen LogP contribution in [0.3, 0.4) is 0 Å². The molecule has 1 aliphatic heterocycles. The molecule has 8 rings (SSSR count). The summed E-state index contributed by atoms with van der Waals surface area (Å²) in [5.41, 5.74) is 2.53. The van der Waals surface area contributed by atoms with Gasteiger partial charge in [0.2, 0.25) is 15.9 Å². The Kier molecular flexibility index (Phi) is 10.1. The summed E-state index contributed by atoms with van der Waals surface area (Å²) >= 11 is 6.53. The minimum atomic E-state index is -3.86. The molecule has 2 aliphatic rings. The van der Waals surface area contributed by atoms with Gasteiger partial charge in [0.05, 0.1) is 46.4 Å². The number of benzene rings is 4. The summed E-state index contributed by atoms with van der Waals surface area (Å²) in [4.78, 5) is 33.4. The van der Waals surface area contributed by atoms with Crippen LogP contribution < -0.4 is 10.9 Å². The molecule has 15 heteroatoms. The van der Waals surface area contributed by atoms with Crippen molar-refractivity contribution in [3.05, 3.63) is 141 Å². The molecule has 6 aromatic rings. The lowest BCUT2D eigenvalue weighted by Crippen LogP contribution is -2.40. The normalized spacial score (nSPS) is 15.6. The summed E-state index contributed by atoms with van der Waals surface area (Å²) < 4.78 is 65.5. The molecule has 282 valence electrons. The highest BCUT2D eigenvalue weighted by Crippen LogP contribution is 2.39. The number of amides is 1. The zero-order chi connectivity index (χ0) is 38.3. The number of nitrogens with one attached hydrogen (secondary N) is 1. The van der Waals surface area contributed by atoms with Gasteiger partial charge >= 0.3 is 0 Å². The van der Waals surface area contributed by atoms with Crippen LogP contribution >= 0.6 is 11.6 Å². The zero-order valence-electron chi connectivity index (χ0n) is 29.4. The van der Waals surface area contributed by atoms with Crippen LogP contribution in [0.15, 0.2) is 107 Å². The minimum Gasteiger partial charge on any atom is -0.379 e. The van der Waals surface area contributed by atoms with Crippen LogP contribution in [0.4, 0.5) is 8.78 Å². The first-order valence-corrected chi connectivity index (χ1v) is 19.6. The fourth-order valence-electron chi connectivity index (χ4n) is 6.87. The van der Waals surface area contributed by atoms with Crippen molar-refractivity contribution in [2.45, 2.75) is 42.7 Å². The summed E-state index contributed by atoms with van der Waals surface area (Å²) in [6, 6.07) is 22.0. The van der Waals surface area contributed by atoms with Crippen molar-refractivity contribution >= 4 is 38.4 Å². The van der Waals surface area contributed by atoms with E-state index in [2.05, 4.69) is 10.4 Å². The SMILES string of the molecule is O=C(Cn1ccc(C2CC2)n1)NC(Cc1cc(F)cc(F)c1)c1nc2cc(-c3ccccc3Cl)ccc2c(=O)n1-c1ccc(S(=O)(=O)N2CCOCC2)cc1. The maximum Gasteiger partial charge on any atom is 0.266 e. The van der Waals surface area contributed by atoms with Crippen LogP contribution in [0.2, 0.25) is 5.02 Å². The average molecular weight is 785 g/mol. The molecule has 0 bridgehead atoms. The van der Waals surface area contributed by atoms with Gasteiger partial charge in [-0.2, -0.15) is 9.40 Å². The number of morpholine rings is 1. The molecule has 3 heterocycles. The van der Waals surface area contributed by atoms with Crippen molar-refractivity contribution in [3.63, 3.8) is 0 Å². The van der Waals surface area contributed by atoms with E-state index in [1.54, 1.807) is 36.5 Å². The number of hydrogen-bond acceptors (Lipinski definition) is 7. The second-order valence-electron chi connectivity index (χ2n) is 13.6. The van der Waals surface area contributed by atoms with Crippen LogP contribution in [0.5, 0.6) is 0 Å². The third-order valence-corrected chi connectivity index (χ3v) is 12.0. The molecule has 1 atom stereocenters. The number of nitrogens with zero attached hydrogens (tertiary/aromatic N) is 5. The highest BCUT2D eigenvalue weighted by atomic mass is 35.5. The molecule has 0 spiro atoms. The van der Waals surface area contributed by atoms with Gasteiger partial charge < -0.3 is 10.1 Å². The Morgan fingerprint density at radius 2 is 1.67 bits per heavy atom. The standard InChI is InChI=1S/C40H35ClF2N6O5S/c41-34-4-2-1-3-32(34)27-7-12-33-36(22-27)45-39(49(40(33)51)30-8-10-31(11-9-30)55(52,53)48-15-17-54-18-16-48)37(21-25-19-28(42)23-29(43)20-25)44-38(50)24-47-14-13-35(46-47)26-5-6-26/h1-4,7-14,19-20,22-23,26,37H,5-6,15-18,21,24H2,(H,44,50). The molecule has 1 amide bonds. The molecule has 2 fully saturated rings. The third kappa shape index (κ3) is 7.81. The van der Waals surface area contributed by atoms with Gasteiger partial charge in [-0.25, -0.2) is 22.2 Å². The summed E-state index contributed by atoms with van der Waals surface area (Å²) in [6.45, 7) is 0.814. The van der Waals surface area contributed by atoms with Gasteiger partial charge in [-0.3, -0.25) is 18.8 Å². The Balaban J connectivity index is 1.26. The maximum absolute atomic E-state index is 14.6. The molecule has 1 N–H and O–H groups in total. The number of sulfonamides is 1. The van der Waals surface area contributed by atoms with E-state index in [4.69, 9.17) is 21.3 Å². The molecule has 1 saturated heterocycles. The van der Waals surface area contributed by atoms with E-state index in [-0.39, 0.29) is 72.1 Å². The predicted molar refractivity (Wildman–Crippen MR) is 203 cm³/mol. The Labute approximate surface area is 320 Å². The van der Waals surface area contributed by atoms with Crippen molar-refractivity contribution in [1.29, 1.82) is 0 Å². The number of carbonyl (C=O) groups excluding carboxylic acids is 1. The first-order chi connectivity index (χ1) is 26.5. The van der Waals surface area contributed by atoms with E-state index in [1.807, 2.05) is 18.2 Å².